The molecule has 0 spiro atoms. The highest BCUT2D eigenvalue weighted by atomic mass is 16.1. The Morgan fingerprint density at radius 3 is 2.75 bits per heavy atom. The minimum absolute atomic E-state index is 0.140. The van der Waals surface area contributed by atoms with Crippen LogP contribution in [0.25, 0.3) is 0 Å². The number of likely N-dealkylation sites (tertiary alicyclic amines) is 1. The minimum atomic E-state index is 0.140. The summed E-state index contributed by atoms with van der Waals surface area (Å²) in [5.74, 6) is 0.379. The van der Waals surface area contributed by atoms with Crippen LogP contribution in [0.5, 0.6) is 0 Å². The van der Waals surface area contributed by atoms with Gasteiger partial charge in [-0.1, -0.05) is 30.3 Å². The van der Waals surface area contributed by atoms with Crippen LogP contribution in [0.15, 0.2) is 30.3 Å². The van der Waals surface area contributed by atoms with Crippen LogP contribution in [-0.2, 0) is 11.3 Å². The normalized spacial score (nSPS) is 23.2. The van der Waals surface area contributed by atoms with Crippen molar-refractivity contribution in [3.63, 3.8) is 0 Å². The van der Waals surface area contributed by atoms with Gasteiger partial charge in [-0.2, -0.15) is 0 Å². The van der Waals surface area contributed by atoms with Crippen LogP contribution in [0.2, 0.25) is 0 Å². The number of rotatable bonds is 7. The van der Waals surface area contributed by atoms with E-state index in [0.29, 0.717) is 6.04 Å². The molecule has 132 valence electrons. The van der Waals surface area contributed by atoms with Crippen LogP contribution < -0.4 is 5.32 Å². The molecule has 1 aliphatic carbocycles. The van der Waals surface area contributed by atoms with Crippen LogP contribution in [0, 0.1) is 5.92 Å². The molecule has 1 heterocycles. The zero-order valence-electron chi connectivity index (χ0n) is 15.1. The number of piperidine rings is 1. The second kappa shape index (κ2) is 8.13. The number of amides is 1. The Labute approximate surface area is 146 Å². The molecule has 1 aromatic carbocycles. The van der Waals surface area contributed by atoms with Crippen molar-refractivity contribution in [3.05, 3.63) is 35.9 Å². The van der Waals surface area contributed by atoms with Crippen LogP contribution in [0.1, 0.15) is 38.2 Å². The Kier molecular flexibility index (Phi) is 5.90. The lowest BCUT2D eigenvalue weighted by Gasteiger charge is -2.32. The molecular formula is C20H31N3O. The van der Waals surface area contributed by atoms with E-state index in [2.05, 4.69) is 59.4 Å². The lowest BCUT2D eigenvalue weighted by Crippen LogP contribution is -2.46. The Balaban J connectivity index is 1.44. The molecule has 2 unspecified atom stereocenters. The summed E-state index contributed by atoms with van der Waals surface area (Å²) in [6.45, 7) is 5.90. The van der Waals surface area contributed by atoms with Gasteiger partial charge in [0.2, 0.25) is 5.91 Å². The number of hydrogen-bond donors (Lipinski definition) is 1. The van der Waals surface area contributed by atoms with Gasteiger partial charge >= 0.3 is 0 Å². The van der Waals surface area contributed by atoms with Gasteiger partial charge in [-0.15, -0.1) is 0 Å². The van der Waals surface area contributed by atoms with Gasteiger partial charge < -0.3 is 5.32 Å². The summed E-state index contributed by atoms with van der Waals surface area (Å²) in [6, 6.07) is 11.7. The summed E-state index contributed by atoms with van der Waals surface area (Å²) >= 11 is 0. The standard InChI is InChI=1S/C20H31N3O/c1-16(22(2)19-10-11-19)13-21-20(24)18-9-6-12-23(15-18)14-17-7-4-3-5-8-17/h3-5,7-8,16,18-19H,6,9-15H2,1-2H3,(H,21,24). The molecule has 2 atom stereocenters. The fourth-order valence-electron chi connectivity index (χ4n) is 3.63. The number of carbonyl (C=O) groups excluding carboxylic acids is 1. The first-order chi connectivity index (χ1) is 11.6. The van der Waals surface area contributed by atoms with Gasteiger partial charge in [-0.05, 0) is 51.8 Å². The zero-order chi connectivity index (χ0) is 16.9. The molecule has 1 aromatic rings. The Hall–Kier alpha value is -1.39. The number of likely N-dealkylation sites (N-methyl/N-ethyl adjacent to an activating group) is 1. The predicted octanol–water partition coefficient (Wildman–Crippen LogP) is 2.50. The number of nitrogens with zero attached hydrogens (tertiary/aromatic N) is 2. The zero-order valence-corrected chi connectivity index (χ0v) is 15.1. The van der Waals surface area contributed by atoms with Crippen molar-refractivity contribution in [1.29, 1.82) is 0 Å². The molecule has 1 saturated carbocycles. The maximum atomic E-state index is 12.6. The van der Waals surface area contributed by atoms with Crippen molar-refractivity contribution in [2.45, 2.75) is 51.2 Å². The molecule has 2 aliphatic rings. The van der Waals surface area contributed by atoms with Gasteiger partial charge in [0, 0.05) is 31.7 Å². The maximum absolute atomic E-state index is 12.6. The molecule has 4 heteroatoms. The maximum Gasteiger partial charge on any atom is 0.224 e. The Morgan fingerprint density at radius 1 is 1.29 bits per heavy atom. The molecule has 24 heavy (non-hydrogen) atoms. The van der Waals surface area contributed by atoms with E-state index in [1.54, 1.807) is 0 Å². The van der Waals surface area contributed by atoms with Crippen molar-refractivity contribution >= 4 is 5.91 Å². The molecule has 1 N–H and O–H groups in total. The average Bonchev–Trinajstić information content (AvgIpc) is 3.45. The van der Waals surface area contributed by atoms with Gasteiger partial charge in [0.15, 0.2) is 0 Å². The van der Waals surface area contributed by atoms with Crippen LogP contribution >= 0.6 is 0 Å². The highest BCUT2D eigenvalue weighted by Gasteiger charge is 2.30. The molecule has 0 aromatic heterocycles. The minimum Gasteiger partial charge on any atom is -0.354 e. The van der Waals surface area contributed by atoms with Gasteiger partial charge in [-0.25, -0.2) is 0 Å². The first-order valence-corrected chi connectivity index (χ1v) is 9.39. The highest BCUT2D eigenvalue weighted by Crippen LogP contribution is 2.26. The lowest BCUT2D eigenvalue weighted by atomic mass is 9.96. The molecule has 2 fully saturated rings. The Bertz CT molecular complexity index is 529. The molecule has 3 rings (SSSR count). The molecule has 0 bridgehead atoms. The van der Waals surface area contributed by atoms with E-state index < -0.39 is 0 Å². The van der Waals surface area contributed by atoms with Crippen LogP contribution in [-0.4, -0.2) is 54.5 Å². The average molecular weight is 329 g/mol. The fourth-order valence-corrected chi connectivity index (χ4v) is 3.63. The first-order valence-electron chi connectivity index (χ1n) is 9.39. The summed E-state index contributed by atoms with van der Waals surface area (Å²) in [5.41, 5.74) is 1.33. The number of nitrogens with one attached hydrogen (secondary N) is 1. The van der Waals surface area contributed by atoms with E-state index in [4.69, 9.17) is 0 Å². The summed E-state index contributed by atoms with van der Waals surface area (Å²) in [7, 11) is 2.18. The SMILES string of the molecule is CC(CNC(=O)C1CCCN(Cc2ccccc2)C1)N(C)C1CC1. The lowest BCUT2D eigenvalue weighted by molar-refractivity contribution is -0.127. The fraction of sp³-hybridized carbons (Fsp3) is 0.650. The predicted molar refractivity (Wildman–Crippen MR) is 97.7 cm³/mol. The summed E-state index contributed by atoms with van der Waals surface area (Å²) in [5, 5.41) is 3.19. The summed E-state index contributed by atoms with van der Waals surface area (Å²) in [4.78, 5) is 17.4. The van der Waals surface area contributed by atoms with Crippen molar-refractivity contribution in [3.8, 4) is 0 Å². The van der Waals surface area contributed by atoms with E-state index in [9.17, 15) is 4.79 Å². The van der Waals surface area contributed by atoms with E-state index in [-0.39, 0.29) is 11.8 Å². The molecule has 1 saturated heterocycles. The van der Waals surface area contributed by atoms with E-state index >= 15 is 0 Å². The molecule has 0 radical (unpaired) electrons. The van der Waals surface area contributed by atoms with Crippen molar-refractivity contribution in [1.82, 2.24) is 15.1 Å². The molecular weight excluding hydrogens is 298 g/mol. The molecule has 1 amide bonds. The van der Waals surface area contributed by atoms with Crippen LogP contribution in [0.3, 0.4) is 0 Å². The number of carbonyl (C=O) groups is 1. The third-order valence-corrected chi connectivity index (χ3v) is 5.52. The van der Waals surface area contributed by atoms with Crippen molar-refractivity contribution in [2.24, 2.45) is 5.92 Å². The van der Waals surface area contributed by atoms with Gasteiger partial charge in [0.05, 0.1) is 5.92 Å². The number of hydrogen-bond acceptors (Lipinski definition) is 3. The van der Waals surface area contributed by atoms with Crippen molar-refractivity contribution in [2.75, 3.05) is 26.7 Å². The smallest absolute Gasteiger partial charge is 0.224 e. The second-order valence-electron chi connectivity index (χ2n) is 7.55. The quantitative estimate of drug-likeness (QED) is 0.835. The van der Waals surface area contributed by atoms with E-state index in [0.717, 1.165) is 45.1 Å². The van der Waals surface area contributed by atoms with Gasteiger partial charge in [0.25, 0.3) is 0 Å². The monoisotopic (exact) mass is 329 g/mol. The topological polar surface area (TPSA) is 35.6 Å². The van der Waals surface area contributed by atoms with Crippen LogP contribution in [0.4, 0.5) is 0 Å². The summed E-state index contributed by atoms with van der Waals surface area (Å²) < 4.78 is 0. The van der Waals surface area contributed by atoms with Gasteiger partial charge in [0.1, 0.15) is 0 Å². The second-order valence-corrected chi connectivity index (χ2v) is 7.55. The van der Waals surface area contributed by atoms with E-state index in [1.165, 1.54) is 18.4 Å². The van der Waals surface area contributed by atoms with Gasteiger partial charge in [-0.3, -0.25) is 14.6 Å². The first kappa shape index (κ1) is 17.4. The largest absolute Gasteiger partial charge is 0.354 e. The Morgan fingerprint density at radius 2 is 2.04 bits per heavy atom. The highest BCUT2D eigenvalue weighted by molar-refractivity contribution is 5.79. The summed E-state index contributed by atoms with van der Waals surface area (Å²) in [6.07, 6.45) is 4.75. The third-order valence-electron chi connectivity index (χ3n) is 5.52. The third kappa shape index (κ3) is 4.81. The molecule has 1 aliphatic heterocycles. The van der Waals surface area contributed by atoms with E-state index in [1.807, 2.05) is 0 Å². The molecule has 4 nitrogen and oxygen atoms in total. The van der Waals surface area contributed by atoms with Crippen molar-refractivity contribution < 1.29 is 4.79 Å². The number of benzene rings is 1.